The van der Waals surface area contributed by atoms with Gasteiger partial charge in [0.15, 0.2) is 5.65 Å². The highest BCUT2D eigenvalue weighted by atomic mass is 35.5. The number of carbonyl (C=O) groups excluding carboxylic acids is 1. The molecule has 2 aromatic carbocycles. The fourth-order valence-electron chi connectivity index (χ4n) is 4.08. The number of anilines is 4. The van der Waals surface area contributed by atoms with E-state index in [0.29, 0.717) is 44.4 Å². The lowest BCUT2D eigenvalue weighted by Crippen LogP contribution is -2.44. The largest absolute Gasteiger partial charge is 0.367 e. The van der Waals surface area contributed by atoms with E-state index in [1.165, 1.54) is 12.1 Å². The van der Waals surface area contributed by atoms with E-state index in [0.717, 1.165) is 26.2 Å². The molecule has 0 atom stereocenters. The summed E-state index contributed by atoms with van der Waals surface area (Å²) in [5, 5.41) is 14.0. The quantitative estimate of drug-likeness (QED) is 0.332. The molecular weight excluding hydrogens is 483 g/mol. The zero-order valence-corrected chi connectivity index (χ0v) is 20.3. The number of likely N-dealkylation sites (N-methyl/N-ethyl adjacent to an activating group) is 1. The minimum atomic E-state index is -0.339. The normalized spacial score (nSPS) is 14.1. The third-order valence-electron chi connectivity index (χ3n) is 6.03. The highest BCUT2D eigenvalue weighted by molar-refractivity contribution is 6.33. The molecule has 0 saturated carbocycles. The third kappa shape index (κ3) is 4.86. The molecule has 1 saturated heterocycles. The van der Waals surface area contributed by atoms with Gasteiger partial charge in [0.1, 0.15) is 5.82 Å². The molecule has 0 spiro atoms. The second kappa shape index (κ2) is 9.92. The van der Waals surface area contributed by atoms with Crippen molar-refractivity contribution in [3.63, 3.8) is 0 Å². The Labute approximate surface area is 212 Å². The summed E-state index contributed by atoms with van der Waals surface area (Å²) >= 11 is 6.52. The number of halogens is 2. The van der Waals surface area contributed by atoms with Gasteiger partial charge < -0.3 is 20.4 Å². The summed E-state index contributed by atoms with van der Waals surface area (Å²) in [5.74, 6) is -0.329. The first-order valence-corrected chi connectivity index (χ1v) is 11.7. The van der Waals surface area contributed by atoms with Crippen LogP contribution in [-0.2, 0) is 4.79 Å². The average Bonchev–Trinajstić information content (AvgIpc) is 3.35. The fraction of sp³-hybridized carbons (Fsp3) is 0.200. The number of hydrogen-bond donors (Lipinski definition) is 3. The topological polar surface area (TPSA) is 102 Å². The highest BCUT2D eigenvalue weighted by Gasteiger charge is 2.19. The minimum absolute atomic E-state index is 0.277. The molecule has 1 aliphatic heterocycles. The summed E-state index contributed by atoms with van der Waals surface area (Å²) in [6.45, 7) is 6.70. The van der Waals surface area contributed by atoms with E-state index < -0.39 is 0 Å². The maximum Gasteiger partial charge on any atom is 0.247 e. The van der Waals surface area contributed by atoms with Crippen LogP contribution in [0.3, 0.4) is 0 Å². The van der Waals surface area contributed by atoms with Crippen LogP contribution in [-0.4, -0.2) is 64.2 Å². The second-order valence-corrected chi connectivity index (χ2v) is 8.90. The van der Waals surface area contributed by atoms with Crippen LogP contribution in [0.15, 0.2) is 55.3 Å². The number of aromatic nitrogens is 4. The monoisotopic (exact) mass is 506 g/mol. The molecule has 36 heavy (non-hydrogen) atoms. The third-order valence-corrected chi connectivity index (χ3v) is 6.36. The van der Waals surface area contributed by atoms with E-state index in [1.807, 2.05) is 4.90 Å². The summed E-state index contributed by atoms with van der Waals surface area (Å²) in [4.78, 5) is 25.3. The molecule has 0 unspecified atom stereocenters. The summed E-state index contributed by atoms with van der Waals surface area (Å²) < 4.78 is 14.7. The maximum atomic E-state index is 14.7. The standard InChI is InChI=1S/C25H24ClFN8O/c1-3-22(36)29-15-4-6-19(26)17(12-15)23-18-14-28-33-24(18)32-25(31-23)30-16-5-7-20(27)21(13-16)35-10-8-34(2)9-11-35/h3-7,12-14H,1,8-11H2,2H3,(H,29,36)(H2,28,30,31,32,33). The Morgan fingerprint density at radius 1 is 1.14 bits per heavy atom. The Balaban J connectivity index is 1.50. The van der Waals surface area contributed by atoms with Crippen LogP contribution in [0, 0.1) is 5.82 Å². The number of rotatable bonds is 6. The molecule has 1 aliphatic rings. The predicted octanol–water partition coefficient (Wildman–Crippen LogP) is 4.43. The zero-order valence-electron chi connectivity index (χ0n) is 19.6. The average molecular weight is 507 g/mol. The first kappa shape index (κ1) is 23.7. The van der Waals surface area contributed by atoms with Crippen molar-refractivity contribution < 1.29 is 9.18 Å². The van der Waals surface area contributed by atoms with Crippen molar-refractivity contribution in [1.82, 2.24) is 25.1 Å². The Morgan fingerprint density at radius 3 is 2.69 bits per heavy atom. The lowest BCUT2D eigenvalue weighted by atomic mass is 10.1. The lowest BCUT2D eigenvalue weighted by Gasteiger charge is -2.34. The van der Waals surface area contributed by atoms with Gasteiger partial charge in [0.2, 0.25) is 11.9 Å². The van der Waals surface area contributed by atoms with E-state index in [1.54, 1.807) is 36.5 Å². The van der Waals surface area contributed by atoms with Crippen LogP contribution < -0.4 is 15.5 Å². The lowest BCUT2D eigenvalue weighted by molar-refractivity contribution is -0.111. The molecule has 5 rings (SSSR count). The first-order chi connectivity index (χ1) is 17.4. The van der Waals surface area contributed by atoms with Crippen LogP contribution in [0.2, 0.25) is 5.02 Å². The summed E-state index contributed by atoms with van der Waals surface area (Å²) in [6, 6.07) is 9.95. The van der Waals surface area contributed by atoms with Gasteiger partial charge in [-0.15, -0.1) is 0 Å². The molecule has 184 valence electrons. The van der Waals surface area contributed by atoms with Crippen LogP contribution in [0.5, 0.6) is 0 Å². The number of hydrogen-bond acceptors (Lipinski definition) is 7. The maximum absolute atomic E-state index is 14.7. The molecule has 4 aromatic rings. The van der Waals surface area contributed by atoms with Crippen molar-refractivity contribution >= 4 is 51.6 Å². The molecule has 3 heterocycles. The molecule has 11 heteroatoms. The van der Waals surface area contributed by atoms with Gasteiger partial charge in [-0.25, -0.2) is 9.37 Å². The number of carbonyl (C=O) groups is 1. The molecule has 9 nitrogen and oxygen atoms in total. The van der Waals surface area contributed by atoms with Gasteiger partial charge in [-0.05, 0) is 49.5 Å². The van der Waals surface area contributed by atoms with Gasteiger partial charge in [-0.3, -0.25) is 9.89 Å². The van der Waals surface area contributed by atoms with E-state index in [-0.39, 0.29) is 17.7 Å². The SMILES string of the molecule is C=CC(=O)Nc1ccc(Cl)c(-c2nc(Nc3ccc(F)c(N4CCN(C)CC4)c3)nc3[nH]ncc23)c1. The molecule has 3 N–H and O–H groups in total. The molecule has 0 radical (unpaired) electrons. The van der Waals surface area contributed by atoms with Crippen LogP contribution in [0.25, 0.3) is 22.3 Å². The second-order valence-electron chi connectivity index (χ2n) is 8.50. The van der Waals surface area contributed by atoms with Gasteiger partial charge in [-0.2, -0.15) is 10.1 Å². The van der Waals surface area contributed by atoms with Crippen molar-refractivity contribution in [2.45, 2.75) is 0 Å². The molecule has 0 aliphatic carbocycles. The zero-order chi connectivity index (χ0) is 25.2. The van der Waals surface area contributed by atoms with Gasteiger partial charge in [0, 0.05) is 43.1 Å². The number of amides is 1. The number of nitrogens with zero attached hydrogens (tertiary/aromatic N) is 5. The summed E-state index contributed by atoms with van der Waals surface area (Å²) in [5.41, 5.74) is 3.34. The van der Waals surface area contributed by atoms with Crippen molar-refractivity contribution in [3.8, 4) is 11.3 Å². The number of H-pyrrole nitrogens is 1. The number of benzene rings is 2. The van der Waals surface area contributed by atoms with E-state index in [9.17, 15) is 9.18 Å². The minimum Gasteiger partial charge on any atom is -0.367 e. The number of fused-ring (bicyclic) bond motifs is 1. The van der Waals surface area contributed by atoms with Crippen molar-refractivity contribution in [3.05, 3.63) is 66.1 Å². The van der Waals surface area contributed by atoms with E-state index in [4.69, 9.17) is 16.6 Å². The fourth-order valence-corrected chi connectivity index (χ4v) is 4.29. The summed E-state index contributed by atoms with van der Waals surface area (Å²) in [6.07, 6.45) is 2.80. The smallest absolute Gasteiger partial charge is 0.247 e. The molecule has 1 amide bonds. The van der Waals surface area contributed by atoms with Crippen molar-refractivity contribution in [2.75, 3.05) is 48.8 Å². The van der Waals surface area contributed by atoms with Crippen LogP contribution in [0.4, 0.5) is 27.4 Å². The first-order valence-electron chi connectivity index (χ1n) is 11.4. The van der Waals surface area contributed by atoms with Crippen LogP contribution in [0.1, 0.15) is 0 Å². The van der Waals surface area contributed by atoms with E-state index >= 15 is 0 Å². The van der Waals surface area contributed by atoms with Gasteiger partial charge in [-0.1, -0.05) is 18.2 Å². The van der Waals surface area contributed by atoms with Crippen molar-refractivity contribution in [1.29, 1.82) is 0 Å². The van der Waals surface area contributed by atoms with E-state index in [2.05, 4.69) is 44.3 Å². The highest BCUT2D eigenvalue weighted by Crippen LogP contribution is 2.34. The Bertz CT molecular complexity index is 1450. The van der Waals surface area contributed by atoms with Gasteiger partial charge >= 0.3 is 0 Å². The van der Waals surface area contributed by atoms with Crippen LogP contribution >= 0.6 is 11.6 Å². The van der Waals surface area contributed by atoms with Gasteiger partial charge in [0.05, 0.1) is 28.0 Å². The number of nitrogens with one attached hydrogen (secondary N) is 3. The molecular formula is C25H24ClFN8O. The Hall–Kier alpha value is -4.02. The number of piperazine rings is 1. The predicted molar refractivity (Wildman–Crippen MR) is 140 cm³/mol. The Morgan fingerprint density at radius 2 is 1.92 bits per heavy atom. The van der Waals surface area contributed by atoms with Crippen molar-refractivity contribution in [2.24, 2.45) is 0 Å². The molecule has 0 bridgehead atoms. The summed E-state index contributed by atoms with van der Waals surface area (Å²) in [7, 11) is 2.06. The number of aromatic amines is 1. The van der Waals surface area contributed by atoms with Gasteiger partial charge in [0.25, 0.3) is 0 Å². The molecule has 2 aromatic heterocycles. The Kier molecular flexibility index (Phi) is 6.53. The molecule has 1 fully saturated rings.